The molecule has 96 valence electrons. The van der Waals surface area contributed by atoms with E-state index in [1.54, 1.807) is 0 Å². The summed E-state index contributed by atoms with van der Waals surface area (Å²) >= 11 is 0. The highest BCUT2D eigenvalue weighted by Crippen LogP contribution is 2.41. The number of carboxylic acids is 1. The number of carbonyl (C=O) groups is 2. The first-order valence-corrected chi connectivity index (χ1v) is 6.10. The van der Waals surface area contributed by atoms with Crippen molar-refractivity contribution in [2.24, 2.45) is 0 Å². The maximum absolute atomic E-state index is 11.6. The van der Waals surface area contributed by atoms with Crippen LogP contribution in [0.25, 0.3) is 0 Å². The van der Waals surface area contributed by atoms with Crippen LogP contribution in [0.2, 0.25) is 0 Å². The van der Waals surface area contributed by atoms with E-state index >= 15 is 0 Å². The Morgan fingerprint density at radius 2 is 2.00 bits per heavy atom. The second-order valence-electron chi connectivity index (χ2n) is 4.89. The third kappa shape index (κ3) is 2.23. The summed E-state index contributed by atoms with van der Waals surface area (Å²) in [5, 5.41) is 12.4. The predicted molar refractivity (Wildman–Crippen MR) is 67.2 cm³/mol. The molecule has 1 aromatic carbocycles. The lowest BCUT2D eigenvalue weighted by atomic mass is 9.79. The molecule has 0 aromatic heterocycles. The number of hydrogen-bond donors (Lipinski definition) is 2. The highest BCUT2D eigenvalue weighted by molar-refractivity contribution is 5.82. The summed E-state index contributed by atoms with van der Waals surface area (Å²) in [6.07, 6.45) is 1.74. The molecule has 0 unspecified atom stereocenters. The molecule has 0 heterocycles. The number of carbonyl (C=O) groups excluding carboxylic acids is 1. The van der Waals surface area contributed by atoms with Gasteiger partial charge >= 0.3 is 5.97 Å². The van der Waals surface area contributed by atoms with E-state index in [-0.39, 0.29) is 11.9 Å². The van der Waals surface area contributed by atoms with Crippen LogP contribution < -0.4 is 5.32 Å². The topological polar surface area (TPSA) is 66.4 Å². The fourth-order valence-corrected chi connectivity index (χ4v) is 2.79. The minimum atomic E-state index is -0.853. The molecule has 0 radical (unpaired) electrons. The van der Waals surface area contributed by atoms with E-state index in [0.717, 1.165) is 5.56 Å². The Morgan fingerprint density at radius 3 is 2.56 bits per heavy atom. The monoisotopic (exact) mass is 247 g/mol. The summed E-state index contributed by atoms with van der Waals surface area (Å²) in [5.41, 5.74) is -0.0284. The van der Waals surface area contributed by atoms with Crippen molar-refractivity contribution in [3.05, 3.63) is 35.9 Å². The van der Waals surface area contributed by atoms with Crippen molar-refractivity contribution in [2.45, 2.75) is 37.6 Å². The van der Waals surface area contributed by atoms with Gasteiger partial charge in [-0.2, -0.15) is 0 Å². The van der Waals surface area contributed by atoms with Crippen molar-refractivity contribution >= 4 is 11.9 Å². The molecule has 0 bridgehead atoms. The summed E-state index contributed by atoms with van der Waals surface area (Å²) in [4.78, 5) is 22.7. The number of carboxylic acid groups (broad SMARTS) is 1. The zero-order valence-electron chi connectivity index (χ0n) is 10.3. The maximum atomic E-state index is 11.6. The van der Waals surface area contributed by atoms with Crippen LogP contribution in [0.15, 0.2) is 30.3 Å². The Kier molecular flexibility index (Phi) is 3.36. The highest BCUT2D eigenvalue weighted by atomic mass is 16.4. The molecular formula is C14H17NO3. The van der Waals surface area contributed by atoms with Crippen LogP contribution in [0.3, 0.4) is 0 Å². The largest absolute Gasteiger partial charge is 0.481 e. The molecule has 0 spiro atoms. The number of nitrogens with one attached hydrogen (secondary N) is 1. The van der Waals surface area contributed by atoms with Gasteiger partial charge < -0.3 is 10.4 Å². The molecule has 1 aliphatic rings. The van der Waals surface area contributed by atoms with Gasteiger partial charge in [0.1, 0.15) is 0 Å². The Morgan fingerprint density at radius 1 is 1.33 bits per heavy atom. The molecule has 4 nitrogen and oxygen atoms in total. The molecule has 1 saturated carbocycles. The minimum absolute atomic E-state index is 0.0428. The van der Waals surface area contributed by atoms with Gasteiger partial charge in [0, 0.05) is 13.0 Å². The van der Waals surface area contributed by atoms with E-state index < -0.39 is 11.4 Å². The normalized spacial score (nSPS) is 26.8. The lowest BCUT2D eigenvalue weighted by molar-refractivity contribution is -0.143. The standard InChI is InChI=1S/C14H17NO3/c1-10(16)15-12-7-8-14(9-12,13(17)18)11-5-3-2-4-6-11/h2-6,12H,7-9H2,1H3,(H,15,16)(H,17,18)/t12-,14-/m1/s1. The van der Waals surface area contributed by atoms with Crippen LogP contribution in [0.1, 0.15) is 31.7 Å². The fourth-order valence-electron chi connectivity index (χ4n) is 2.79. The van der Waals surface area contributed by atoms with Gasteiger partial charge in [-0.3, -0.25) is 9.59 Å². The summed E-state index contributed by atoms with van der Waals surface area (Å²) in [6.45, 7) is 1.46. The van der Waals surface area contributed by atoms with Gasteiger partial charge in [-0.05, 0) is 24.8 Å². The number of rotatable bonds is 3. The first-order chi connectivity index (χ1) is 8.54. The molecule has 0 saturated heterocycles. The molecular weight excluding hydrogens is 230 g/mol. The molecule has 1 amide bonds. The van der Waals surface area contributed by atoms with Crippen molar-refractivity contribution in [1.82, 2.24) is 5.32 Å². The maximum Gasteiger partial charge on any atom is 0.314 e. The Bertz CT molecular complexity index is 457. The van der Waals surface area contributed by atoms with Crippen molar-refractivity contribution in [3.8, 4) is 0 Å². The van der Waals surface area contributed by atoms with E-state index in [0.29, 0.717) is 19.3 Å². The van der Waals surface area contributed by atoms with E-state index in [9.17, 15) is 14.7 Å². The fraction of sp³-hybridized carbons (Fsp3) is 0.429. The van der Waals surface area contributed by atoms with Crippen LogP contribution in [-0.4, -0.2) is 23.0 Å². The first kappa shape index (κ1) is 12.6. The molecule has 18 heavy (non-hydrogen) atoms. The van der Waals surface area contributed by atoms with Crippen molar-refractivity contribution in [1.29, 1.82) is 0 Å². The average molecular weight is 247 g/mol. The van der Waals surface area contributed by atoms with Crippen molar-refractivity contribution < 1.29 is 14.7 Å². The molecule has 2 N–H and O–H groups in total. The van der Waals surface area contributed by atoms with Gasteiger partial charge in [-0.25, -0.2) is 0 Å². The number of aliphatic carboxylic acids is 1. The van der Waals surface area contributed by atoms with E-state index in [1.807, 2.05) is 30.3 Å². The van der Waals surface area contributed by atoms with Gasteiger partial charge in [0.05, 0.1) is 5.41 Å². The van der Waals surface area contributed by atoms with Gasteiger partial charge in [0.15, 0.2) is 0 Å². The third-order valence-electron chi connectivity index (χ3n) is 3.66. The van der Waals surface area contributed by atoms with E-state index in [2.05, 4.69) is 5.32 Å². The van der Waals surface area contributed by atoms with Gasteiger partial charge in [0.25, 0.3) is 0 Å². The number of amides is 1. The first-order valence-electron chi connectivity index (χ1n) is 6.10. The SMILES string of the molecule is CC(=O)N[C@@H]1CC[C@](C(=O)O)(c2ccccc2)C1. The molecule has 0 aliphatic heterocycles. The smallest absolute Gasteiger partial charge is 0.314 e. The second-order valence-corrected chi connectivity index (χ2v) is 4.89. The average Bonchev–Trinajstić information content (AvgIpc) is 2.74. The Labute approximate surface area is 106 Å². The molecule has 1 aromatic rings. The van der Waals surface area contributed by atoms with Crippen LogP contribution >= 0.6 is 0 Å². The van der Waals surface area contributed by atoms with Crippen LogP contribution in [0.5, 0.6) is 0 Å². The molecule has 1 aliphatic carbocycles. The zero-order valence-corrected chi connectivity index (χ0v) is 10.3. The van der Waals surface area contributed by atoms with Gasteiger partial charge in [-0.1, -0.05) is 30.3 Å². The van der Waals surface area contributed by atoms with Gasteiger partial charge in [-0.15, -0.1) is 0 Å². The summed E-state index contributed by atoms with van der Waals surface area (Å²) in [7, 11) is 0. The highest BCUT2D eigenvalue weighted by Gasteiger charge is 2.46. The molecule has 2 rings (SSSR count). The third-order valence-corrected chi connectivity index (χ3v) is 3.66. The quantitative estimate of drug-likeness (QED) is 0.854. The van der Waals surface area contributed by atoms with Crippen LogP contribution in [0.4, 0.5) is 0 Å². The second kappa shape index (κ2) is 4.80. The minimum Gasteiger partial charge on any atom is -0.481 e. The van der Waals surface area contributed by atoms with Crippen LogP contribution in [-0.2, 0) is 15.0 Å². The number of benzene rings is 1. The molecule has 2 atom stereocenters. The lowest BCUT2D eigenvalue weighted by Gasteiger charge is -2.25. The van der Waals surface area contributed by atoms with Crippen molar-refractivity contribution in [3.63, 3.8) is 0 Å². The summed E-state index contributed by atoms with van der Waals surface area (Å²) in [5.74, 6) is -0.907. The Hall–Kier alpha value is -1.84. The van der Waals surface area contributed by atoms with Gasteiger partial charge in [0.2, 0.25) is 5.91 Å². The van der Waals surface area contributed by atoms with E-state index in [1.165, 1.54) is 6.92 Å². The van der Waals surface area contributed by atoms with Crippen LogP contribution in [0, 0.1) is 0 Å². The van der Waals surface area contributed by atoms with E-state index in [4.69, 9.17) is 0 Å². The number of hydrogen-bond acceptors (Lipinski definition) is 2. The van der Waals surface area contributed by atoms with Crippen molar-refractivity contribution in [2.75, 3.05) is 0 Å². The summed E-state index contributed by atoms with van der Waals surface area (Å²) < 4.78 is 0. The predicted octanol–water partition coefficient (Wildman–Crippen LogP) is 1.70. The Balaban J connectivity index is 2.26. The lowest BCUT2D eigenvalue weighted by Crippen LogP contribution is -2.37. The molecule has 1 fully saturated rings. The molecule has 4 heteroatoms. The summed E-state index contributed by atoms with van der Waals surface area (Å²) in [6, 6.07) is 9.24. The zero-order chi connectivity index (χ0) is 13.2.